The number of ether oxygens (including phenoxy) is 1. The fourth-order valence-corrected chi connectivity index (χ4v) is 5.05. The molecule has 0 fully saturated rings. The van der Waals surface area contributed by atoms with E-state index in [-0.39, 0.29) is 18.9 Å². The molecule has 1 aliphatic rings. The summed E-state index contributed by atoms with van der Waals surface area (Å²) in [7, 11) is 0. The molecule has 2 N–H and O–H groups in total. The minimum atomic E-state index is -1.09. The van der Waals surface area contributed by atoms with Crippen LogP contribution in [0.3, 0.4) is 0 Å². The molecule has 1 atom stereocenters. The van der Waals surface area contributed by atoms with E-state index >= 15 is 0 Å². The largest absolute Gasteiger partial charge is 0.480 e. The number of nitrogens with one attached hydrogen (secondary N) is 1. The maximum Gasteiger partial charge on any atom is 0.407 e. The summed E-state index contributed by atoms with van der Waals surface area (Å²) in [5.41, 5.74) is 5.30. The highest BCUT2D eigenvalue weighted by molar-refractivity contribution is 7.98. The van der Waals surface area contributed by atoms with Gasteiger partial charge in [0.25, 0.3) is 0 Å². The van der Waals surface area contributed by atoms with Crippen LogP contribution in [0.5, 0.6) is 0 Å². The smallest absolute Gasteiger partial charge is 0.407 e. The van der Waals surface area contributed by atoms with Crippen LogP contribution in [0.15, 0.2) is 66.7 Å². The average Bonchev–Trinajstić information content (AvgIpc) is 3.13. The van der Waals surface area contributed by atoms with Gasteiger partial charge in [0, 0.05) is 11.7 Å². The van der Waals surface area contributed by atoms with Crippen molar-refractivity contribution >= 4 is 35.4 Å². The third-order valence-electron chi connectivity index (χ3n) is 5.51. The van der Waals surface area contributed by atoms with Crippen LogP contribution in [-0.2, 0) is 15.3 Å². The number of pyridine rings is 1. The number of aliphatic carboxylic acids is 1. The van der Waals surface area contributed by atoms with Gasteiger partial charge in [-0.1, -0.05) is 66.2 Å². The van der Waals surface area contributed by atoms with Gasteiger partial charge < -0.3 is 15.2 Å². The molecule has 0 aliphatic heterocycles. The third kappa shape index (κ3) is 5.67. The molecule has 0 saturated carbocycles. The van der Waals surface area contributed by atoms with Crippen molar-refractivity contribution in [3.05, 3.63) is 88.7 Å². The van der Waals surface area contributed by atoms with Crippen LogP contribution in [0.1, 0.15) is 29.2 Å². The topological polar surface area (TPSA) is 88.5 Å². The lowest BCUT2D eigenvalue weighted by Gasteiger charge is -2.17. The SMILES string of the molecule is O=C(NC(CCSCc1cccc(Cl)n1)C(=O)O)OCC1c2ccccc2-c2ccccc21. The highest BCUT2D eigenvalue weighted by Crippen LogP contribution is 2.44. The van der Waals surface area contributed by atoms with Crippen LogP contribution >= 0.6 is 23.4 Å². The van der Waals surface area contributed by atoms with Gasteiger partial charge >= 0.3 is 12.1 Å². The maximum absolute atomic E-state index is 12.4. The number of carboxylic acids is 1. The molecular formula is C25H23ClN2O4S. The second-order valence-corrected chi connectivity index (χ2v) is 9.15. The van der Waals surface area contributed by atoms with Crippen molar-refractivity contribution < 1.29 is 19.4 Å². The predicted molar refractivity (Wildman–Crippen MR) is 130 cm³/mol. The molecule has 8 heteroatoms. The van der Waals surface area contributed by atoms with Crippen LogP contribution in [-0.4, -0.2) is 40.6 Å². The second-order valence-electron chi connectivity index (χ2n) is 7.65. The van der Waals surface area contributed by atoms with Crippen molar-refractivity contribution in [2.45, 2.75) is 24.1 Å². The minimum Gasteiger partial charge on any atom is -0.480 e. The Morgan fingerprint density at radius 3 is 2.33 bits per heavy atom. The molecule has 1 unspecified atom stereocenters. The molecule has 1 aliphatic carbocycles. The van der Waals surface area contributed by atoms with E-state index in [0.29, 0.717) is 16.7 Å². The van der Waals surface area contributed by atoms with Crippen molar-refractivity contribution in [3.8, 4) is 11.1 Å². The van der Waals surface area contributed by atoms with Crippen molar-refractivity contribution in [1.29, 1.82) is 0 Å². The first-order valence-electron chi connectivity index (χ1n) is 10.6. The van der Waals surface area contributed by atoms with Gasteiger partial charge in [-0.05, 0) is 46.6 Å². The quantitative estimate of drug-likeness (QED) is 0.315. The number of benzene rings is 2. The van der Waals surface area contributed by atoms with E-state index in [9.17, 15) is 14.7 Å². The summed E-state index contributed by atoms with van der Waals surface area (Å²) in [6.45, 7) is 0.140. The number of amides is 1. The Hall–Kier alpha value is -3.03. The number of rotatable bonds is 9. The number of carbonyl (C=O) groups excluding carboxylic acids is 1. The number of nitrogens with zero attached hydrogens (tertiary/aromatic N) is 1. The van der Waals surface area contributed by atoms with Crippen molar-refractivity contribution in [2.75, 3.05) is 12.4 Å². The Kier molecular flexibility index (Phi) is 7.52. The van der Waals surface area contributed by atoms with Gasteiger partial charge in [0.2, 0.25) is 0 Å². The zero-order valence-electron chi connectivity index (χ0n) is 17.7. The molecule has 2 aromatic carbocycles. The van der Waals surface area contributed by atoms with E-state index in [4.69, 9.17) is 16.3 Å². The summed E-state index contributed by atoms with van der Waals surface area (Å²) in [5.74, 6) is -0.0238. The summed E-state index contributed by atoms with van der Waals surface area (Å²) in [4.78, 5) is 28.2. The normalized spacial score (nSPS) is 13.1. The lowest BCUT2D eigenvalue weighted by Crippen LogP contribution is -2.41. The number of carboxylic acid groups (broad SMARTS) is 1. The molecule has 0 saturated heterocycles. The molecule has 33 heavy (non-hydrogen) atoms. The van der Waals surface area contributed by atoms with Crippen LogP contribution in [0.2, 0.25) is 5.15 Å². The number of aromatic nitrogens is 1. The Balaban J connectivity index is 1.29. The standard InChI is InChI=1S/C25H23ClN2O4S/c26-23-11-5-6-16(27-23)15-33-13-12-22(24(29)30)28-25(31)32-14-21-19-9-3-1-7-17(19)18-8-2-4-10-20(18)21/h1-11,21-22H,12-15H2,(H,28,31)(H,29,30). The van der Waals surface area contributed by atoms with Crippen LogP contribution < -0.4 is 5.32 Å². The van der Waals surface area contributed by atoms with Gasteiger partial charge in [-0.15, -0.1) is 0 Å². The molecular weight excluding hydrogens is 460 g/mol. The van der Waals surface area contributed by atoms with Gasteiger partial charge in [0.15, 0.2) is 0 Å². The summed E-state index contributed by atoms with van der Waals surface area (Å²) >= 11 is 7.41. The first-order valence-corrected chi connectivity index (χ1v) is 12.1. The highest BCUT2D eigenvalue weighted by Gasteiger charge is 2.29. The lowest BCUT2D eigenvalue weighted by molar-refractivity contribution is -0.139. The number of fused-ring (bicyclic) bond motifs is 3. The number of alkyl carbamates (subject to hydrolysis) is 1. The first kappa shape index (κ1) is 23.1. The number of halogens is 1. The van der Waals surface area contributed by atoms with Gasteiger partial charge in [0.1, 0.15) is 17.8 Å². The Morgan fingerprint density at radius 1 is 1.03 bits per heavy atom. The fourth-order valence-electron chi connectivity index (χ4n) is 3.95. The number of thioether (sulfide) groups is 1. The summed E-state index contributed by atoms with van der Waals surface area (Å²) in [6, 6.07) is 20.5. The number of carbonyl (C=O) groups is 2. The molecule has 0 bridgehead atoms. The van der Waals surface area contributed by atoms with Gasteiger partial charge in [-0.25, -0.2) is 14.6 Å². The number of hydrogen-bond acceptors (Lipinski definition) is 5. The third-order valence-corrected chi connectivity index (χ3v) is 6.74. The van der Waals surface area contributed by atoms with E-state index < -0.39 is 18.1 Å². The monoisotopic (exact) mass is 482 g/mol. The predicted octanol–water partition coefficient (Wildman–Crippen LogP) is 5.35. The molecule has 1 aromatic heterocycles. The number of hydrogen-bond donors (Lipinski definition) is 2. The van der Waals surface area contributed by atoms with Gasteiger partial charge in [-0.2, -0.15) is 11.8 Å². The molecule has 170 valence electrons. The molecule has 0 radical (unpaired) electrons. The summed E-state index contributed by atoms with van der Waals surface area (Å²) < 4.78 is 5.46. The van der Waals surface area contributed by atoms with Gasteiger partial charge in [-0.3, -0.25) is 0 Å². The minimum absolute atomic E-state index is 0.0767. The Morgan fingerprint density at radius 2 is 1.70 bits per heavy atom. The lowest BCUT2D eigenvalue weighted by atomic mass is 9.98. The van der Waals surface area contributed by atoms with E-state index in [1.807, 2.05) is 48.5 Å². The van der Waals surface area contributed by atoms with Crippen molar-refractivity contribution in [3.63, 3.8) is 0 Å². The fraction of sp³-hybridized carbons (Fsp3) is 0.240. The zero-order chi connectivity index (χ0) is 23.2. The van der Waals surface area contributed by atoms with Crippen molar-refractivity contribution in [1.82, 2.24) is 10.3 Å². The van der Waals surface area contributed by atoms with Crippen molar-refractivity contribution in [2.24, 2.45) is 0 Å². The molecule has 0 spiro atoms. The molecule has 3 aromatic rings. The molecule has 1 amide bonds. The average molecular weight is 483 g/mol. The van der Waals surface area contributed by atoms with E-state index in [2.05, 4.69) is 22.4 Å². The second kappa shape index (κ2) is 10.7. The molecule has 4 rings (SSSR count). The summed E-state index contributed by atoms with van der Waals surface area (Å²) in [6.07, 6.45) is -0.462. The maximum atomic E-state index is 12.4. The molecule has 1 heterocycles. The van der Waals surface area contributed by atoms with Crippen LogP contribution in [0.4, 0.5) is 4.79 Å². The Bertz CT molecular complexity index is 1110. The first-order chi connectivity index (χ1) is 16.0. The Labute approximate surface area is 201 Å². The van der Waals surface area contributed by atoms with Gasteiger partial charge in [0.05, 0.1) is 5.69 Å². The van der Waals surface area contributed by atoms with E-state index in [1.54, 1.807) is 6.07 Å². The zero-order valence-corrected chi connectivity index (χ0v) is 19.3. The van der Waals surface area contributed by atoms with Crippen LogP contribution in [0.25, 0.3) is 11.1 Å². The highest BCUT2D eigenvalue weighted by atomic mass is 35.5. The van der Waals surface area contributed by atoms with E-state index in [0.717, 1.165) is 27.9 Å². The molecule has 6 nitrogen and oxygen atoms in total. The van der Waals surface area contributed by atoms with Crippen LogP contribution in [0, 0.1) is 0 Å². The van der Waals surface area contributed by atoms with E-state index in [1.165, 1.54) is 11.8 Å². The summed E-state index contributed by atoms with van der Waals surface area (Å²) in [5, 5.41) is 12.4.